The highest BCUT2D eigenvalue weighted by Gasteiger charge is 2.36. The Morgan fingerprint density at radius 3 is 2.83 bits per heavy atom. The molecule has 2 amide bonds. The Labute approximate surface area is 145 Å². The fourth-order valence-corrected chi connectivity index (χ4v) is 4.34. The van der Waals surface area contributed by atoms with E-state index in [0.29, 0.717) is 23.2 Å². The van der Waals surface area contributed by atoms with Crippen LogP contribution in [0.15, 0.2) is 30.3 Å². The molecule has 126 valence electrons. The van der Waals surface area contributed by atoms with Gasteiger partial charge in [0.1, 0.15) is 11.7 Å². The number of benzene rings is 1. The van der Waals surface area contributed by atoms with Gasteiger partial charge < -0.3 is 14.8 Å². The SMILES string of the molecule is Cn1c(C(=O)N2CSC[C@H]2C(=O)NCC2CC2)cc2ccccc21. The van der Waals surface area contributed by atoms with Gasteiger partial charge in [-0.05, 0) is 30.9 Å². The van der Waals surface area contributed by atoms with E-state index >= 15 is 0 Å². The van der Waals surface area contributed by atoms with Gasteiger partial charge in [-0.25, -0.2) is 0 Å². The highest BCUT2D eigenvalue weighted by molar-refractivity contribution is 7.99. The van der Waals surface area contributed by atoms with E-state index in [4.69, 9.17) is 0 Å². The van der Waals surface area contributed by atoms with Crippen LogP contribution in [-0.2, 0) is 11.8 Å². The molecule has 5 nitrogen and oxygen atoms in total. The van der Waals surface area contributed by atoms with Gasteiger partial charge in [0.05, 0.1) is 5.88 Å². The van der Waals surface area contributed by atoms with Gasteiger partial charge >= 0.3 is 0 Å². The Morgan fingerprint density at radius 2 is 2.08 bits per heavy atom. The first-order valence-corrected chi connectivity index (χ1v) is 9.51. The van der Waals surface area contributed by atoms with E-state index in [1.54, 1.807) is 16.7 Å². The summed E-state index contributed by atoms with van der Waals surface area (Å²) >= 11 is 1.64. The summed E-state index contributed by atoms with van der Waals surface area (Å²) in [5.74, 6) is 1.81. The summed E-state index contributed by atoms with van der Waals surface area (Å²) in [6, 6.07) is 9.50. The molecule has 1 saturated carbocycles. The molecule has 2 aromatic rings. The molecule has 0 radical (unpaired) electrons. The van der Waals surface area contributed by atoms with Crippen LogP contribution in [0.2, 0.25) is 0 Å². The molecule has 4 rings (SSSR count). The monoisotopic (exact) mass is 343 g/mol. The van der Waals surface area contributed by atoms with E-state index < -0.39 is 0 Å². The van der Waals surface area contributed by atoms with Crippen molar-refractivity contribution >= 4 is 34.5 Å². The minimum atomic E-state index is -0.362. The normalized spacial score (nSPS) is 20.5. The number of nitrogens with zero attached hydrogens (tertiary/aromatic N) is 2. The molecule has 1 aromatic heterocycles. The second-order valence-corrected chi connectivity index (χ2v) is 7.63. The van der Waals surface area contributed by atoms with Crippen molar-refractivity contribution in [3.05, 3.63) is 36.0 Å². The summed E-state index contributed by atoms with van der Waals surface area (Å²) in [5, 5.41) is 4.06. The van der Waals surface area contributed by atoms with Gasteiger partial charge in [0, 0.05) is 30.2 Å². The van der Waals surface area contributed by atoms with Crippen molar-refractivity contribution in [3.63, 3.8) is 0 Å². The van der Waals surface area contributed by atoms with Crippen LogP contribution < -0.4 is 5.32 Å². The molecule has 1 N–H and O–H groups in total. The predicted octanol–water partition coefficient (Wildman–Crippen LogP) is 2.22. The van der Waals surface area contributed by atoms with Crippen LogP contribution in [0.4, 0.5) is 0 Å². The predicted molar refractivity (Wildman–Crippen MR) is 95.9 cm³/mol. The maximum Gasteiger partial charge on any atom is 0.271 e. The standard InChI is InChI=1S/C18H21N3O2S/c1-20-14-5-3-2-4-13(14)8-15(20)18(23)21-11-24-10-16(21)17(22)19-9-12-6-7-12/h2-5,8,12,16H,6-7,9-11H2,1H3,(H,19,22)/t16-/m0/s1. The van der Waals surface area contributed by atoms with E-state index in [9.17, 15) is 9.59 Å². The number of hydrogen-bond donors (Lipinski definition) is 1. The van der Waals surface area contributed by atoms with E-state index in [-0.39, 0.29) is 17.9 Å². The fraction of sp³-hybridized carbons (Fsp3) is 0.444. The second-order valence-electron chi connectivity index (χ2n) is 6.63. The third kappa shape index (κ3) is 2.79. The third-order valence-corrected chi connectivity index (χ3v) is 5.89. The van der Waals surface area contributed by atoms with Gasteiger partial charge in [0.25, 0.3) is 5.91 Å². The van der Waals surface area contributed by atoms with Gasteiger partial charge in [-0.2, -0.15) is 0 Å². The van der Waals surface area contributed by atoms with Crippen LogP contribution in [0, 0.1) is 5.92 Å². The van der Waals surface area contributed by atoms with Crippen molar-refractivity contribution in [1.82, 2.24) is 14.8 Å². The Bertz CT molecular complexity index is 797. The molecule has 2 heterocycles. The lowest BCUT2D eigenvalue weighted by atomic mass is 10.2. The Kier molecular flexibility index (Phi) is 4.00. The van der Waals surface area contributed by atoms with Crippen LogP contribution >= 0.6 is 11.8 Å². The zero-order chi connectivity index (χ0) is 16.7. The summed E-state index contributed by atoms with van der Waals surface area (Å²) in [6.45, 7) is 0.746. The molecule has 1 aliphatic carbocycles. The molecule has 1 saturated heterocycles. The van der Waals surface area contributed by atoms with E-state index in [1.807, 2.05) is 41.9 Å². The van der Waals surface area contributed by atoms with Gasteiger partial charge in [-0.15, -0.1) is 11.8 Å². The smallest absolute Gasteiger partial charge is 0.271 e. The number of aryl methyl sites for hydroxylation is 1. The number of para-hydroxylation sites is 1. The highest BCUT2D eigenvalue weighted by Crippen LogP contribution is 2.29. The molecule has 2 aliphatic rings. The maximum absolute atomic E-state index is 13.0. The van der Waals surface area contributed by atoms with Crippen LogP contribution in [0.5, 0.6) is 0 Å². The summed E-state index contributed by atoms with van der Waals surface area (Å²) in [5.41, 5.74) is 1.67. The Hall–Kier alpha value is -1.95. The molecule has 1 aliphatic heterocycles. The zero-order valence-electron chi connectivity index (χ0n) is 13.7. The van der Waals surface area contributed by atoms with Crippen molar-refractivity contribution < 1.29 is 9.59 Å². The average Bonchev–Trinajstić information content (AvgIpc) is 3.19. The second kappa shape index (κ2) is 6.16. The van der Waals surface area contributed by atoms with Gasteiger partial charge in [-0.3, -0.25) is 9.59 Å². The van der Waals surface area contributed by atoms with Crippen molar-refractivity contribution in [2.45, 2.75) is 18.9 Å². The van der Waals surface area contributed by atoms with Crippen LogP contribution in [-0.4, -0.2) is 45.5 Å². The minimum Gasteiger partial charge on any atom is -0.354 e. The van der Waals surface area contributed by atoms with Gasteiger partial charge in [-0.1, -0.05) is 18.2 Å². The molecule has 1 aromatic carbocycles. The van der Waals surface area contributed by atoms with Gasteiger partial charge in [0.15, 0.2) is 0 Å². The minimum absolute atomic E-state index is 0.0148. The summed E-state index contributed by atoms with van der Waals surface area (Å²) < 4.78 is 1.92. The quantitative estimate of drug-likeness (QED) is 0.926. The molecule has 2 fully saturated rings. The highest BCUT2D eigenvalue weighted by atomic mass is 32.2. The fourth-order valence-electron chi connectivity index (χ4n) is 3.19. The number of carbonyl (C=O) groups excluding carboxylic acids is 2. The first kappa shape index (κ1) is 15.6. The van der Waals surface area contributed by atoms with E-state index in [2.05, 4.69) is 5.32 Å². The van der Waals surface area contributed by atoms with Crippen LogP contribution in [0.25, 0.3) is 10.9 Å². The first-order chi connectivity index (χ1) is 11.6. The van der Waals surface area contributed by atoms with E-state index in [0.717, 1.165) is 17.4 Å². The first-order valence-electron chi connectivity index (χ1n) is 8.36. The van der Waals surface area contributed by atoms with Crippen molar-refractivity contribution in [2.24, 2.45) is 13.0 Å². The van der Waals surface area contributed by atoms with Crippen molar-refractivity contribution in [2.75, 3.05) is 18.2 Å². The zero-order valence-corrected chi connectivity index (χ0v) is 14.5. The Morgan fingerprint density at radius 1 is 1.29 bits per heavy atom. The number of nitrogens with one attached hydrogen (secondary N) is 1. The van der Waals surface area contributed by atoms with Crippen LogP contribution in [0.1, 0.15) is 23.3 Å². The number of aromatic nitrogens is 1. The average molecular weight is 343 g/mol. The number of rotatable bonds is 4. The number of thioether (sulfide) groups is 1. The lowest BCUT2D eigenvalue weighted by molar-refractivity contribution is -0.124. The lowest BCUT2D eigenvalue weighted by Crippen LogP contribution is -2.48. The molecule has 0 spiro atoms. The Balaban J connectivity index is 1.55. The summed E-state index contributed by atoms with van der Waals surface area (Å²) in [7, 11) is 1.90. The topological polar surface area (TPSA) is 54.3 Å². The number of amides is 2. The van der Waals surface area contributed by atoms with Crippen LogP contribution in [0.3, 0.4) is 0 Å². The van der Waals surface area contributed by atoms with Gasteiger partial charge in [0.2, 0.25) is 5.91 Å². The molecule has 0 unspecified atom stereocenters. The lowest BCUT2D eigenvalue weighted by Gasteiger charge is -2.23. The summed E-state index contributed by atoms with van der Waals surface area (Å²) in [6.07, 6.45) is 2.41. The molecule has 24 heavy (non-hydrogen) atoms. The number of hydrogen-bond acceptors (Lipinski definition) is 3. The van der Waals surface area contributed by atoms with E-state index in [1.165, 1.54) is 12.8 Å². The van der Waals surface area contributed by atoms with Crippen molar-refractivity contribution in [1.29, 1.82) is 0 Å². The third-order valence-electron chi connectivity index (χ3n) is 4.88. The molecule has 6 heteroatoms. The number of fused-ring (bicyclic) bond motifs is 1. The maximum atomic E-state index is 13.0. The molecular formula is C18H21N3O2S. The summed E-state index contributed by atoms with van der Waals surface area (Å²) in [4.78, 5) is 27.2. The molecule has 0 bridgehead atoms. The molecular weight excluding hydrogens is 322 g/mol. The molecule has 1 atom stereocenters. The largest absolute Gasteiger partial charge is 0.354 e. The van der Waals surface area contributed by atoms with Crippen molar-refractivity contribution in [3.8, 4) is 0 Å². The number of carbonyl (C=O) groups is 2.